The molecule has 0 radical (unpaired) electrons. The Balaban J connectivity index is 2.15. The van der Waals surface area contributed by atoms with E-state index in [1.165, 1.54) is 5.56 Å². The molecule has 2 nitrogen and oxygen atoms in total. The van der Waals surface area contributed by atoms with Crippen LogP contribution in [0.4, 0.5) is 11.4 Å². The van der Waals surface area contributed by atoms with E-state index in [4.69, 9.17) is 11.6 Å². The van der Waals surface area contributed by atoms with Crippen molar-refractivity contribution in [2.24, 2.45) is 0 Å². The van der Waals surface area contributed by atoms with Crippen LogP contribution >= 0.6 is 11.6 Å². The van der Waals surface area contributed by atoms with Crippen molar-refractivity contribution in [2.75, 3.05) is 5.32 Å². The second kappa shape index (κ2) is 5.14. The van der Waals surface area contributed by atoms with Crippen molar-refractivity contribution in [3.63, 3.8) is 0 Å². The molecule has 1 heterocycles. The summed E-state index contributed by atoms with van der Waals surface area (Å²) in [4.78, 5) is 4.57. The monoisotopic (exact) mass is 282 g/mol. The van der Waals surface area contributed by atoms with Crippen molar-refractivity contribution in [1.82, 2.24) is 4.98 Å². The fraction of sp³-hybridized carbons (Fsp3) is 0.118. The second-order valence-corrected chi connectivity index (χ2v) is 5.34. The first kappa shape index (κ1) is 12.9. The average molecular weight is 283 g/mol. The smallest absolute Gasteiger partial charge is 0.0726 e. The Labute approximate surface area is 123 Å². The third kappa shape index (κ3) is 2.47. The van der Waals surface area contributed by atoms with Crippen LogP contribution in [0.5, 0.6) is 0 Å². The highest BCUT2D eigenvalue weighted by Crippen LogP contribution is 2.30. The van der Waals surface area contributed by atoms with Gasteiger partial charge in [-0.3, -0.25) is 4.98 Å². The number of hydrogen-bond acceptors (Lipinski definition) is 2. The van der Waals surface area contributed by atoms with Crippen molar-refractivity contribution in [3.05, 3.63) is 64.8 Å². The number of rotatable bonds is 2. The molecule has 3 aromatic rings. The molecule has 3 rings (SSSR count). The summed E-state index contributed by atoms with van der Waals surface area (Å²) in [5, 5.41) is 5.23. The number of hydrogen-bond donors (Lipinski definition) is 1. The van der Waals surface area contributed by atoms with Gasteiger partial charge in [0.15, 0.2) is 0 Å². The van der Waals surface area contributed by atoms with Crippen LogP contribution in [-0.4, -0.2) is 4.98 Å². The Kier molecular flexibility index (Phi) is 3.33. The largest absolute Gasteiger partial charge is 0.354 e. The topological polar surface area (TPSA) is 24.9 Å². The van der Waals surface area contributed by atoms with E-state index in [2.05, 4.69) is 35.4 Å². The van der Waals surface area contributed by atoms with Gasteiger partial charge in [0.1, 0.15) is 0 Å². The molecule has 1 N–H and O–H groups in total. The van der Waals surface area contributed by atoms with E-state index in [9.17, 15) is 0 Å². The molecule has 0 amide bonds. The van der Waals surface area contributed by atoms with Crippen molar-refractivity contribution >= 4 is 33.9 Å². The van der Waals surface area contributed by atoms with Gasteiger partial charge in [-0.2, -0.15) is 0 Å². The number of halogens is 1. The highest BCUT2D eigenvalue weighted by Gasteiger charge is 2.06. The molecule has 0 aliphatic carbocycles. The van der Waals surface area contributed by atoms with E-state index in [0.29, 0.717) is 5.02 Å². The van der Waals surface area contributed by atoms with Crippen LogP contribution in [0.15, 0.2) is 48.5 Å². The van der Waals surface area contributed by atoms with E-state index in [-0.39, 0.29) is 0 Å². The van der Waals surface area contributed by atoms with Gasteiger partial charge in [0, 0.05) is 16.8 Å². The SMILES string of the molecule is Cc1ccc2nc(C)cc(Nc3ccccc3Cl)c2c1. The molecule has 0 aliphatic rings. The standard InChI is InChI=1S/C17H15ClN2/c1-11-7-8-15-13(9-11)17(10-12(2)19-15)20-16-6-4-3-5-14(16)18/h3-10H,1-2H3,(H,19,20). The number of nitrogens with zero attached hydrogens (tertiary/aromatic N) is 1. The van der Waals surface area contributed by atoms with Crippen LogP contribution in [0, 0.1) is 13.8 Å². The number of aromatic nitrogens is 1. The second-order valence-electron chi connectivity index (χ2n) is 4.94. The van der Waals surface area contributed by atoms with E-state index < -0.39 is 0 Å². The van der Waals surface area contributed by atoms with Gasteiger partial charge >= 0.3 is 0 Å². The summed E-state index contributed by atoms with van der Waals surface area (Å²) >= 11 is 6.22. The molecule has 0 atom stereocenters. The molecule has 3 heteroatoms. The minimum absolute atomic E-state index is 0.711. The van der Waals surface area contributed by atoms with Crippen molar-refractivity contribution < 1.29 is 0 Å². The lowest BCUT2D eigenvalue weighted by Crippen LogP contribution is -1.95. The van der Waals surface area contributed by atoms with E-state index in [1.54, 1.807) is 0 Å². The molecule has 0 saturated heterocycles. The molecule has 100 valence electrons. The van der Waals surface area contributed by atoms with Crippen molar-refractivity contribution in [3.8, 4) is 0 Å². The van der Waals surface area contributed by atoms with Gasteiger partial charge in [0.25, 0.3) is 0 Å². The van der Waals surface area contributed by atoms with Crippen LogP contribution < -0.4 is 5.32 Å². The first-order chi connectivity index (χ1) is 9.63. The summed E-state index contributed by atoms with van der Waals surface area (Å²) in [5.41, 5.74) is 5.12. The summed E-state index contributed by atoms with van der Waals surface area (Å²) in [6, 6.07) is 16.1. The maximum Gasteiger partial charge on any atom is 0.0726 e. The van der Waals surface area contributed by atoms with Gasteiger partial charge in [-0.25, -0.2) is 0 Å². The van der Waals surface area contributed by atoms with Crippen LogP contribution in [-0.2, 0) is 0 Å². The van der Waals surface area contributed by atoms with Crippen LogP contribution in [0.1, 0.15) is 11.3 Å². The Morgan fingerprint density at radius 1 is 0.950 bits per heavy atom. The molecule has 0 unspecified atom stereocenters. The fourth-order valence-corrected chi connectivity index (χ4v) is 2.47. The number of fused-ring (bicyclic) bond motifs is 1. The fourth-order valence-electron chi connectivity index (χ4n) is 2.28. The Hall–Kier alpha value is -2.06. The molecule has 0 aliphatic heterocycles. The summed E-state index contributed by atoms with van der Waals surface area (Å²) in [7, 11) is 0. The lowest BCUT2D eigenvalue weighted by atomic mass is 10.1. The van der Waals surface area contributed by atoms with Gasteiger partial charge in [-0.15, -0.1) is 0 Å². The highest BCUT2D eigenvalue weighted by molar-refractivity contribution is 6.33. The zero-order chi connectivity index (χ0) is 14.1. The van der Waals surface area contributed by atoms with Crippen molar-refractivity contribution in [2.45, 2.75) is 13.8 Å². The maximum atomic E-state index is 6.22. The molecule has 1 aromatic heterocycles. The van der Waals surface area contributed by atoms with E-state index in [0.717, 1.165) is 28.0 Å². The third-order valence-corrected chi connectivity index (χ3v) is 3.57. The minimum Gasteiger partial charge on any atom is -0.354 e. The minimum atomic E-state index is 0.711. The molecule has 2 aromatic carbocycles. The van der Waals surface area contributed by atoms with E-state index in [1.807, 2.05) is 37.3 Å². The quantitative estimate of drug-likeness (QED) is 0.694. The first-order valence-corrected chi connectivity index (χ1v) is 6.91. The summed E-state index contributed by atoms with van der Waals surface area (Å²) in [6.45, 7) is 4.08. The van der Waals surface area contributed by atoms with Gasteiger partial charge < -0.3 is 5.32 Å². The zero-order valence-corrected chi connectivity index (χ0v) is 12.2. The van der Waals surface area contributed by atoms with Gasteiger partial charge in [0.2, 0.25) is 0 Å². The number of anilines is 2. The number of nitrogens with one attached hydrogen (secondary N) is 1. The van der Waals surface area contributed by atoms with E-state index >= 15 is 0 Å². The number of benzene rings is 2. The van der Waals surface area contributed by atoms with Gasteiger partial charge in [-0.1, -0.05) is 35.4 Å². The highest BCUT2D eigenvalue weighted by atomic mass is 35.5. The van der Waals surface area contributed by atoms with Crippen LogP contribution in [0.2, 0.25) is 5.02 Å². The van der Waals surface area contributed by atoms with Crippen LogP contribution in [0.25, 0.3) is 10.9 Å². The number of para-hydroxylation sites is 1. The average Bonchev–Trinajstić information content (AvgIpc) is 2.42. The lowest BCUT2D eigenvalue weighted by Gasteiger charge is -2.12. The number of aryl methyl sites for hydroxylation is 2. The Bertz CT molecular complexity index is 781. The summed E-state index contributed by atoms with van der Waals surface area (Å²) in [5.74, 6) is 0. The summed E-state index contributed by atoms with van der Waals surface area (Å²) < 4.78 is 0. The van der Waals surface area contributed by atoms with Gasteiger partial charge in [-0.05, 0) is 44.2 Å². The summed E-state index contributed by atoms with van der Waals surface area (Å²) in [6.07, 6.45) is 0. The number of pyridine rings is 1. The molecule has 20 heavy (non-hydrogen) atoms. The Morgan fingerprint density at radius 3 is 2.55 bits per heavy atom. The normalized spacial score (nSPS) is 10.8. The lowest BCUT2D eigenvalue weighted by molar-refractivity contribution is 1.25. The predicted molar refractivity (Wildman–Crippen MR) is 86.0 cm³/mol. The zero-order valence-electron chi connectivity index (χ0n) is 11.4. The first-order valence-electron chi connectivity index (χ1n) is 6.53. The molecule has 0 bridgehead atoms. The molecular weight excluding hydrogens is 268 g/mol. The van der Waals surface area contributed by atoms with Crippen LogP contribution in [0.3, 0.4) is 0 Å². The molecule has 0 spiro atoms. The molecular formula is C17H15ClN2. The Morgan fingerprint density at radius 2 is 1.75 bits per heavy atom. The third-order valence-electron chi connectivity index (χ3n) is 3.24. The van der Waals surface area contributed by atoms with Crippen molar-refractivity contribution in [1.29, 1.82) is 0 Å². The molecule has 0 saturated carbocycles. The predicted octanol–water partition coefficient (Wildman–Crippen LogP) is 5.25. The molecule has 0 fully saturated rings. The maximum absolute atomic E-state index is 6.22. The van der Waals surface area contributed by atoms with Gasteiger partial charge in [0.05, 0.1) is 16.2 Å².